The van der Waals surface area contributed by atoms with Crippen molar-refractivity contribution >= 4 is 11.4 Å². The monoisotopic (exact) mass is 206 g/mol. The third-order valence-electron chi connectivity index (χ3n) is 2.16. The second-order valence-electron chi connectivity index (χ2n) is 5.29. The summed E-state index contributed by atoms with van der Waals surface area (Å²) in [6.45, 7) is 10.8. The predicted octanol–water partition coefficient (Wildman–Crippen LogP) is 3.59. The molecule has 0 atom stereocenters. The van der Waals surface area contributed by atoms with E-state index in [1.807, 2.05) is 12.1 Å². The van der Waals surface area contributed by atoms with Crippen molar-refractivity contribution < 1.29 is 0 Å². The molecule has 15 heavy (non-hydrogen) atoms. The SMILES string of the molecule is CC(C)C.CC1(C)Nc2cc(N)ccc21. The summed E-state index contributed by atoms with van der Waals surface area (Å²) in [6, 6.07) is 6.00. The van der Waals surface area contributed by atoms with Crippen LogP contribution in [-0.4, -0.2) is 0 Å². The van der Waals surface area contributed by atoms with Crippen molar-refractivity contribution in [2.75, 3.05) is 11.1 Å². The Hall–Kier alpha value is -1.18. The summed E-state index contributed by atoms with van der Waals surface area (Å²) in [6.07, 6.45) is 0. The number of hydrogen-bond donors (Lipinski definition) is 2. The Morgan fingerprint density at radius 1 is 1.20 bits per heavy atom. The summed E-state index contributed by atoms with van der Waals surface area (Å²) in [7, 11) is 0. The number of benzene rings is 1. The molecule has 0 saturated carbocycles. The van der Waals surface area contributed by atoms with Gasteiger partial charge in [0.05, 0.1) is 5.54 Å². The summed E-state index contributed by atoms with van der Waals surface area (Å²) < 4.78 is 0. The first-order valence-corrected chi connectivity index (χ1v) is 5.51. The lowest BCUT2D eigenvalue weighted by molar-refractivity contribution is 0.564. The number of nitrogen functional groups attached to an aromatic ring is 1. The van der Waals surface area contributed by atoms with Crippen molar-refractivity contribution in [2.24, 2.45) is 5.92 Å². The predicted molar refractivity (Wildman–Crippen MR) is 68.0 cm³/mol. The molecule has 3 N–H and O–H groups in total. The molecule has 84 valence electrons. The molecule has 2 nitrogen and oxygen atoms in total. The van der Waals surface area contributed by atoms with Crippen LogP contribution in [0.1, 0.15) is 40.2 Å². The third kappa shape index (κ3) is 2.88. The molecule has 1 heterocycles. The minimum absolute atomic E-state index is 0.142. The highest BCUT2D eigenvalue weighted by molar-refractivity contribution is 5.70. The molecule has 0 bridgehead atoms. The quantitative estimate of drug-likeness (QED) is 0.637. The van der Waals surface area contributed by atoms with Crippen molar-refractivity contribution in [1.82, 2.24) is 0 Å². The third-order valence-corrected chi connectivity index (χ3v) is 2.16. The standard InChI is InChI=1S/C9H12N2.C4H10/c1-9(2)7-4-3-6(10)5-8(7)11-9;1-4(2)3/h3-5,11H,10H2,1-2H3;4H,1-3H3. The summed E-state index contributed by atoms with van der Waals surface area (Å²) >= 11 is 0. The molecule has 1 aromatic rings. The van der Waals surface area contributed by atoms with Gasteiger partial charge in [-0.3, -0.25) is 0 Å². The maximum atomic E-state index is 5.61. The number of rotatable bonds is 0. The number of hydrogen-bond acceptors (Lipinski definition) is 2. The van der Waals surface area contributed by atoms with Crippen LogP contribution in [0.2, 0.25) is 0 Å². The smallest absolute Gasteiger partial charge is 0.0589 e. The first-order valence-electron chi connectivity index (χ1n) is 5.51. The van der Waals surface area contributed by atoms with Crippen molar-refractivity contribution in [3.63, 3.8) is 0 Å². The summed E-state index contributed by atoms with van der Waals surface area (Å²) in [5.74, 6) is 0.833. The van der Waals surface area contributed by atoms with Gasteiger partial charge in [-0.05, 0) is 31.9 Å². The van der Waals surface area contributed by atoms with Crippen LogP contribution in [-0.2, 0) is 5.54 Å². The summed E-state index contributed by atoms with van der Waals surface area (Å²) in [4.78, 5) is 0. The van der Waals surface area contributed by atoms with Gasteiger partial charge in [0.25, 0.3) is 0 Å². The van der Waals surface area contributed by atoms with Gasteiger partial charge in [-0.25, -0.2) is 0 Å². The van der Waals surface area contributed by atoms with E-state index in [2.05, 4.69) is 46.0 Å². The van der Waals surface area contributed by atoms with Gasteiger partial charge in [-0.15, -0.1) is 0 Å². The number of nitrogens with one attached hydrogen (secondary N) is 1. The molecular formula is C13H22N2. The van der Waals surface area contributed by atoms with Gasteiger partial charge in [0.15, 0.2) is 0 Å². The summed E-state index contributed by atoms with van der Waals surface area (Å²) in [5.41, 5.74) is 9.11. The average molecular weight is 206 g/mol. The van der Waals surface area contributed by atoms with E-state index in [0.29, 0.717) is 0 Å². The van der Waals surface area contributed by atoms with Crippen molar-refractivity contribution in [2.45, 2.75) is 40.2 Å². The molecule has 0 amide bonds. The fraction of sp³-hybridized carbons (Fsp3) is 0.538. The molecular weight excluding hydrogens is 184 g/mol. The van der Waals surface area contributed by atoms with Crippen LogP contribution < -0.4 is 11.1 Å². The van der Waals surface area contributed by atoms with Gasteiger partial charge in [-0.1, -0.05) is 26.8 Å². The number of anilines is 2. The van der Waals surface area contributed by atoms with Crippen molar-refractivity contribution in [1.29, 1.82) is 0 Å². The molecule has 0 spiro atoms. The van der Waals surface area contributed by atoms with Gasteiger partial charge in [0.2, 0.25) is 0 Å². The lowest BCUT2D eigenvalue weighted by Crippen LogP contribution is -2.38. The summed E-state index contributed by atoms with van der Waals surface area (Å²) in [5, 5.41) is 3.32. The number of fused-ring (bicyclic) bond motifs is 1. The van der Waals surface area contributed by atoms with E-state index in [0.717, 1.165) is 11.6 Å². The van der Waals surface area contributed by atoms with E-state index in [-0.39, 0.29) is 5.54 Å². The molecule has 0 aliphatic carbocycles. The van der Waals surface area contributed by atoms with Crippen LogP contribution in [0.5, 0.6) is 0 Å². The van der Waals surface area contributed by atoms with E-state index in [1.165, 1.54) is 11.3 Å². The Morgan fingerprint density at radius 2 is 1.73 bits per heavy atom. The Morgan fingerprint density at radius 3 is 2.13 bits per heavy atom. The molecule has 1 aromatic carbocycles. The zero-order chi connectivity index (χ0) is 11.6. The molecule has 1 aliphatic rings. The van der Waals surface area contributed by atoms with Crippen LogP contribution in [0.4, 0.5) is 11.4 Å². The van der Waals surface area contributed by atoms with E-state index in [9.17, 15) is 0 Å². The Balaban J connectivity index is 0.000000245. The minimum atomic E-state index is 0.142. The van der Waals surface area contributed by atoms with Crippen LogP contribution in [0, 0.1) is 5.92 Å². The molecule has 0 fully saturated rings. The lowest BCUT2D eigenvalue weighted by atomic mass is 9.85. The Bertz CT molecular complexity index is 338. The van der Waals surface area contributed by atoms with Crippen molar-refractivity contribution in [3.05, 3.63) is 23.8 Å². The van der Waals surface area contributed by atoms with Crippen LogP contribution in [0.15, 0.2) is 18.2 Å². The maximum Gasteiger partial charge on any atom is 0.0589 e. The highest BCUT2D eigenvalue weighted by Gasteiger charge is 2.32. The average Bonchev–Trinajstić information content (AvgIpc) is 2.00. The Labute approximate surface area is 92.9 Å². The van der Waals surface area contributed by atoms with Gasteiger partial charge in [0.1, 0.15) is 0 Å². The van der Waals surface area contributed by atoms with E-state index >= 15 is 0 Å². The first-order chi connectivity index (χ1) is 6.83. The van der Waals surface area contributed by atoms with E-state index in [1.54, 1.807) is 0 Å². The van der Waals surface area contributed by atoms with Crippen LogP contribution in [0.3, 0.4) is 0 Å². The van der Waals surface area contributed by atoms with Gasteiger partial charge in [0, 0.05) is 16.9 Å². The minimum Gasteiger partial charge on any atom is -0.399 e. The van der Waals surface area contributed by atoms with E-state index < -0.39 is 0 Å². The van der Waals surface area contributed by atoms with Crippen LogP contribution >= 0.6 is 0 Å². The number of nitrogens with two attached hydrogens (primary N) is 1. The highest BCUT2D eigenvalue weighted by atomic mass is 15.0. The molecule has 2 rings (SSSR count). The zero-order valence-corrected chi connectivity index (χ0v) is 10.4. The lowest BCUT2D eigenvalue weighted by Gasteiger charge is -2.40. The van der Waals surface area contributed by atoms with Gasteiger partial charge in [-0.2, -0.15) is 0 Å². The topological polar surface area (TPSA) is 38.0 Å². The van der Waals surface area contributed by atoms with E-state index in [4.69, 9.17) is 5.73 Å². The second-order valence-corrected chi connectivity index (χ2v) is 5.29. The largest absolute Gasteiger partial charge is 0.399 e. The maximum absolute atomic E-state index is 5.61. The van der Waals surface area contributed by atoms with Crippen LogP contribution in [0.25, 0.3) is 0 Å². The Kier molecular flexibility index (Phi) is 3.28. The first kappa shape index (κ1) is 11.9. The fourth-order valence-corrected chi connectivity index (χ4v) is 1.55. The highest BCUT2D eigenvalue weighted by Crippen LogP contribution is 2.41. The van der Waals surface area contributed by atoms with Gasteiger partial charge < -0.3 is 11.1 Å². The zero-order valence-electron chi connectivity index (χ0n) is 10.4. The van der Waals surface area contributed by atoms with Gasteiger partial charge >= 0.3 is 0 Å². The molecule has 0 aromatic heterocycles. The van der Waals surface area contributed by atoms with Crippen molar-refractivity contribution in [3.8, 4) is 0 Å². The molecule has 0 unspecified atom stereocenters. The molecule has 2 heteroatoms. The fourth-order valence-electron chi connectivity index (χ4n) is 1.55. The normalized spacial score (nSPS) is 15.6. The second kappa shape index (κ2) is 4.13. The molecule has 0 saturated heterocycles. The molecule has 1 aliphatic heterocycles. The molecule has 0 radical (unpaired) electrons.